The fraction of sp³-hybridized carbons (Fsp3) is 0.0370. The lowest BCUT2D eigenvalue weighted by Gasteiger charge is -2.01. The number of aliphatic hydroxyl groups is 1. The summed E-state index contributed by atoms with van der Waals surface area (Å²) in [6, 6.07) is 22.4. The van der Waals surface area contributed by atoms with Crippen LogP contribution in [0.3, 0.4) is 0 Å². The van der Waals surface area contributed by atoms with Crippen LogP contribution in [0.2, 0.25) is 0 Å². The van der Waals surface area contributed by atoms with E-state index in [4.69, 9.17) is 9.97 Å². The van der Waals surface area contributed by atoms with Gasteiger partial charge in [0.05, 0.1) is 29.4 Å². The average molecular weight is 416 g/mol. The Balaban J connectivity index is 1.64. The van der Waals surface area contributed by atoms with Crippen LogP contribution in [0, 0.1) is 0 Å². The Bertz CT molecular complexity index is 1550. The molecule has 0 spiro atoms. The van der Waals surface area contributed by atoms with Gasteiger partial charge in [-0.15, -0.1) is 0 Å². The van der Waals surface area contributed by atoms with Crippen molar-refractivity contribution < 1.29 is 5.11 Å². The van der Waals surface area contributed by atoms with Crippen molar-refractivity contribution in [1.29, 1.82) is 0 Å². The highest BCUT2D eigenvalue weighted by Gasteiger charge is 2.07. The highest BCUT2D eigenvalue weighted by Crippen LogP contribution is 2.28. The Morgan fingerprint density at radius 1 is 0.594 bits per heavy atom. The van der Waals surface area contributed by atoms with E-state index < -0.39 is 0 Å². The Kier molecular flexibility index (Phi) is 4.33. The molecule has 5 nitrogen and oxygen atoms in total. The van der Waals surface area contributed by atoms with Gasteiger partial charge >= 0.3 is 0 Å². The molecule has 0 unspecified atom stereocenters. The quantitative estimate of drug-likeness (QED) is 0.333. The summed E-state index contributed by atoms with van der Waals surface area (Å²) >= 11 is 0. The van der Waals surface area contributed by atoms with Gasteiger partial charge in [0.15, 0.2) is 0 Å². The van der Waals surface area contributed by atoms with E-state index in [1.165, 1.54) is 0 Å². The molecule has 3 N–H and O–H groups in total. The number of aromatic nitrogens is 4. The first kappa shape index (κ1) is 18.5. The van der Waals surface area contributed by atoms with Crippen LogP contribution in [0.4, 0.5) is 0 Å². The number of H-pyrrole nitrogens is 2. The number of benzene rings is 1. The Hall–Kier alpha value is -4.22. The van der Waals surface area contributed by atoms with Crippen LogP contribution >= 0.6 is 0 Å². The zero-order chi connectivity index (χ0) is 21.5. The fourth-order valence-electron chi connectivity index (χ4n) is 4.05. The molecule has 0 amide bonds. The molecule has 0 aliphatic carbocycles. The third kappa shape index (κ3) is 3.55. The van der Waals surface area contributed by atoms with E-state index in [1.807, 2.05) is 78.9 Å². The van der Waals surface area contributed by atoms with Gasteiger partial charge in [-0.1, -0.05) is 24.3 Å². The summed E-state index contributed by atoms with van der Waals surface area (Å²) in [5.74, 6) is 0. The summed E-state index contributed by atoms with van der Waals surface area (Å²) in [6.07, 6.45) is 8.08. The number of aliphatic hydroxyl groups excluding tert-OH is 1. The fourth-order valence-corrected chi connectivity index (χ4v) is 4.05. The first-order valence-electron chi connectivity index (χ1n) is 10.5. The molecule has 4 aromatic rings. The van der Waals surface area contributed by atoms with Crippen LogP contribution in [-0.2, 0) is 6.61 Å². The number of nitrogens with one attached hydrogen (secondary N) is 2. The molecule has 32 heavy (non-hydrogen) atoms. The third-order valence-corrected chi connectivity index (χ3v) is 5.62. The average Bonchev–Trinajstić information content (AvgIpc) is 3.59. The lowest BCUT2D eigenvalue weighted by atomic mass is 10.0. The SMILES string of the molecule is OCc1ccc(-c2cc3cc4nc(cc5ccc(cc6nc(cc2[nH]3)C=C6)[nH]5)C=C4)cc1. The zero-order valence-electron chi connectivity index (χ0n) is 17.2. The highest BCUT2D eigenvalue weighted by atomic mass is 16.3. The molecular weight excluding hydrogens is 396 g/mol. The summed E-state index contributed by atoms with van der Waals surface area (Å²) in [6.45, 7) is 0.0341. The van der Waals surface area contributed by atoms with E-state index in [9.17, 15) is 5.11 Å². The Labute approximate surface area is 184 Å². The minimum absolute atomic E-state index is 0.0341. The van der Waals surface area contributed by atoms with Crippen molar-refractivity contribution in [2.24, 2.45) is 0 Å². The summed E-state index contributed by atoms with van der Waals surface area (Å²) in [5.41, 5.74) is 10.6. The number of nitrogens with zero attached hydrogens (tertiary/aromatic N) is 2. The predicted octanol–water partition coefficient (Wildman–Crippen LogP) is 5.81. The third-order valence-electron chi connectivity index (χ3n) is 5.62. The van der Waals surface area contributed by atoms with Crippen molar-refractivity contribution in [3.8, 4) is 11.1 Å². The molecular formula is C27H20N4O. The van der Waals surface area contributed by atoms with Crippen LogP contribution in [0.15, 0.2) is 66.7 Å². The first-order chi connectivity index (χ1) is 15.7. The van der Waals surface area contributed by atoms with Crippen molar-refractivity contribution in [2.45, 2.75) is 6.61 Å². The summed E-state index contributed by atoms with van der Waals surface area (Å²) < 4.78 is 0. The van der Waals surface area contributed by atoms with E-state index >= 15 is 0 Å². The number of hydrogen-bond acceptors (Lipinski definition) is 3. The van der Waals surface area contributed by atoms with Crippen LogP contribution in [0.5, 0.6) is 0 Å². The van der Waals surface area contributed by atoms with Gasteiger partial charge < -0.3 is 15.1 Å². The molecule has 5 heterocycles. The van der Waals surface area contributed by atoms with Gasteiger partial charge in [-0.2, -0.15) is 0 Å². The number of rotatable bonds is 2. The van der Waals surface area contributed by atoms with E-state index in [-0.39, 0.29) is 6.61 Å². The van der Waals surface area contributed by atoms with Gasteiger partial charge in [-0.05, 0) is 77.9 Å². The largest absolute Gasteiger partial charge is 0.392 e. The maximum Gasteiger partial charge on any atom is 0.0681 e. The standard InChI is InChI=1S/C27H20N4O/c32-16-17-1-3-18(4-2-17)26-14-25-13-23-8-7-21(29-23)11-19-5-6-20(28-19)12-22-9-10-24(30-22)15-27(26)31-25/h1-15,28,31-32H,16H2. The zero-order valence-corrected chi connectivity index (χ0v) is 17.2. The highest BCUT2D eigenvalue weighted by molar-refractivity contribution is 5.87. The molecule has 5 heteroatoms. The molecule has 154 valence electrons. The van der Waals surface area contributed by atoms with Gasteiger partial charge in [0.25, 0.3) is 0 Å². The second-order valence-corrected chi connectivity index (χ2v) is 7.94. The molecule has 0 radical (unpaired) electrons. The molecule has 0 saturated carbocycles. The normalized spacial score (nSPS) is 12.4. The van der Waals surface area contributed by atoms with Crippen molar-refractivity contribution in [3.63, 3.8) is 0 Å². The monoisotopic (exact) mass is 416 g/mol. The van der Waals surface area contributed by atoms with Crippen molar-refractivity contribution in [2.75, 3.05) is 0 Å². The number of aromatic amines is 2. The maximum absolute atomic E-state index is 9.38. The molecule has 8 bridgehead atoms. The molecule has 3 aromatic heterocycles. The molecule has 2 aliphatic rings. The maximum atomic E-state index is 9.38. The minimum atomic E-state index is 0.0341. The van der Waals surface area contributed by atoms with E-state index in [0.29, 0.717) is 0 Å². The van der Waals surface area contributed by atoms with E-state index in [2.05, 4.69) is 22.1 Å². The Morgan fingerprint density at radius 2 is 1.16 bits per heavy atom. The van der Waals surface area contributed by atoms with Crippen molar-refractivity contribution in [1.82, 2.24) is 19.9 Å². The Morgan fingerprint density at radius 3 is 1.75 bits per heavy atom. The van der Waals surface area contributed by atoms with E-state index in [1.54, 1.807) is 0 Å². The second-order valence-electron chi connectivity index (χ2n) is 7.94. The van der Waals surface area contributed by atoms with Crippen LogP contribution in [-0.4, -0.2) is 25.0 Å². The second kappa shape index (κ2) is 7.48. The molecule has 0 atom stereocenters. The molecule has 0 fully saturated rings. The predicted molar refractivity (Wildman–Crippen MR) is 130 cm³/mol. The molecule has 2 aliphatic heterocycles. The summed E-state index contributed by atoms with van der Waals surface area (Å²) in [4.78, 5) is 16.4. The van der Waals surface area contributed by atoms with Gasteiger partial charge in [-0.25, -0.2) is 9.97 Å². The smallest absolute Gasteiger partial charge is 0.0681 e. The molecule has 6 rings (SSSR count). The minimum Gasteiger partial charge on any atom is -0.392 e. The van der Waals surface area contributed by atoms with Gasteiger partial charge in [0.1, 0.15) is 0 Å². The van der Waals surface area contributed by atoms with Gasteiger partial charge in [0.2, 0.25) is 0 Å². The molecule has 0 saturated heterocycles. The van der Waals surface area contributed by atoms with Gasteiger partial charge in [0, 0.05) is 27.6 Å². The topological polar surface area (TPSA) is 77.6 Å². The number of fused-ring (bicyclic) bond motifs is 8. The lowest BCUT2D eigenvalue weighted by Crippen LogP contribution is -1.82. The molecule has 1 aromatic carbocycles. The summed E-state index contributed by atoms with van der Waals surface area (Å²) in [5, 5.41) is 9.38. The van der Waals surface area contributed by atoms with Gasteiger partial charge in [-0.3, -0.25) is 0 Å². The van der Waals surface area contributed by atoms with Crippen LogP contribution in [0.25, 0.3) is 57.5 Å². The number of hydrogen-bond donors (Lipinski definition) is 3. The van der Waals surface area contributed by atoms with Crippen molar-refractivity contribution >= 4 is 46.4 Å². The van der Waals surface area contributed by atoms with E-state index in [0.717, 1.165) is 61.5 Å². The van der Waals surface area contributed by atoms with Crippen molar-refractivity contribution in [3.05, 3.63) is 95.1 Å². The summed E-state index contributed by atoms with van der Waals surface area (Å²) in [7, 11) is 0. The first-order valence-corrected chi connectivity index (χ1v) is 10.5. The lowest BCUT2D eigenvalue weighted by molar-refractivity contribution is 0.282. The van der Waals surface area contributed by atoms with Crippen LogP contribution in [0.1, 0.15) is 28.3 Å². The van der Waals surface area contributed by atoms with Crippen LogP contribution < -0.4 is 0 Å².